The van der Waals surface area contributed by atoms with Crippen molar-refractivity contribution in [2.24, 2.45) is 0 Å². The lowest BCUT2D eigenvalue weighted by Gasteiger charge is -2.03. The molecule has 1 saturated heterocycles. The van der Waals surface area contributed by atoms with Crippen LogP contribution in [-0.2, 0) is 4.79 Å². The Hall–Kier alpha value is -0.570. The molecule has 1 heterocycles. The Labute approximate surface area is 53.1 Å². The third-order valence-corrected chi connectivity index (χ3v) is 2.22. The van der Waals surface area contributed by atoms with Crippen molar-refractivity contribution >= 4 is 5.91 Å². The van der Waals surface area contributed by atoms with Gasteiger partial charge in [0.2, 0.25) is 5.91 Å². The van der Waals surface area contributed by atoms with E-state index in [-0.39, 0.29) is 17.6 Å². The average Bonchev–Trinajstić information content (AvgIpc) is 2.17. The summed E-state index contributed by atoms with van der Waals surface area (Å²) < 4.78 is 0. The van der Waals surface area contributed by atoms with E-state index in [2.05, 4.69) is 5.32 Å². The Balaban J connectivity index is 2.11. The SMILES string of the molecule is O=C1CCC2(CC2O)N1. The second-order valence-electron chi connectivity index (χ2n) is 2.92. The normalized spacial score (nSPS) is 47.7. The van der Waals surface area contributed by atoms with E-state index in [9.17, 15) is 4.79 Å². The smallest absolute Gasteiger partial charge is 0.220 e. The van der Waals surface area contributed by atoms with Crippen LogP contribution in [0.4, 0.5) is 0 Å². The number of nitrogens with one attached hydrogen (secondary N) is 1. The molecule has 0 aromatic rings. The van der Waals surface area contributed by atoms with Crippen LogP contribution in [0.15, 0.2) is 0 Å². The molecule has 2 unspecified atom stereocenters. The summed E-state index contributed by atoms with van der Waals surface area (Å²) in [4.78, 5) is 10.6. The maximum atomic E-state index is 10.6. The molecule has 0 bridgehead atoms. The predicted molar refractivity (Wildman–Crippen MR) is 30.7 cm³/mol. The van der Waals surface area contributed by atoms with E-state index in [4.69, 9.17) is 5.11 Å². The van der Waals surface area contributed by atoms with E-state index >= 15 is 0 Å². The average molecular weight is 127 g/mol. The number of aliphatic hydroxyl groups is 1. The van der Waals surface area contributed by atoms with Crippen molar-refractivity contribution < 1.29 is 9.90 Å². The standard InChI is InChI=1S/C6H9NO2/c8-4-3-6(4)2-1-5(9)7-6/h4,8H,1-3H2,(H,7,9). The van der Waals surface area contributed by atoms with Crippen LogP contribution in [-0.4, -0.2) is 22.7 Å². The molecule has 2 N–H and O–H groups in total. The topological polar surface area (TPSA) is 49.3 Å². The van der Waals surface area contributed by atoms with Crippen LogP contribution in [0, 0.1) is 0 Å². The molecule has 1 amide bonds. The first kappa shape index (κ1) is 5.23. The Kier molecular flexibility index (Phi) is 0.750. The highest BCUT2D eigenvalue weighted by molar-refractivity contribution is 5.80. The fourth-order valence-corrected chi connectivity index (χ4v) is 1.43. The van der Waals surface area contributed by atoms with E-state index < -0.39 is 0 Å². The third-order valence-electron chi connectivity index (χ3n) is 2.22. The molecule has 0 aromatic carbocycles. The zero-order chi connectivity index (χ0) is 6.48. The maximum Gasteiger partial charge on any atom is 0.220 e. The minimum atomic E-state index is -0.260. The minimum absolute atomic E-state index is 0.0894. The second-order valence-corrected chi connectivity index (χ2v) is 2.92. The van der Waals surface area contributed by atoms with E-state index in [0.29, 0.717) is 6.42 Å². The largest absolute Gasteiger partial charge is 0.391 e. The van der Waals surface area contributed by atoms with Crippen LogP contribution in [0.25, 0.3) is 0 Å². The fourth-order valence-electron chi connectivity index (χ4n) is 1.43. The van der Waals surface area contributed by atoms with Crippen molar-refractivity contribution in [3.8, 4) is 0 Å². The molecular weight excluding hydrogens is 118 g/mol. The van der Waals surface area contributed by atoms with Gasteiger partial charge >= 0.3 is 0 Å². The summed E-state index contributed by atoms with van der Waals surface area (Å²) in [5.41, 5.74) is -0.170. The Morgan fingerprint density at radius 2 is 2.44 bits per heavy atom. The molecule has 50 valence electrons. The zero-order valence-electron chi connectivity index (χ0n) is 5.05. The Bertz CT molecular complexity index is 168. The van der Waals surface area contributed by atoms with Gasteiger partial charge in [-0.2, -0.15) is 0 Å². The Morgan fingerprint density at radius 3 is 2.67 bits per heavy atom. The molecule has 1 spiro atoms. The number of hydrogen-bond acceptors (Lipinski definition) is 2. The van der Waals surface area contributed by atoms with Crippen LogP contribution in [0.3, 0.4) is 0 Å². The van der Waals surface area contributed by atoms with Gasteiger partial charge in [-0.3, -0.25) is 4.79 Å². The highest BCUT2D eigenvalue weighted by atomic mass is 16.3. The molecule has 1 aliphatic carbocycles. The van der Waals surface area contributed by atoms with Crippen molar-refractivity contribution in [1.29, 1.82) is 0 Å². The van der Waals surface area contributed by atoms with Crippen LogP contribution in [0.2, 0.25) is 0 Å². The van der Waals surface area contributed by atoms with Crippen LogP contribution < -0.4 is 5.32 Å². The number of carbonyl (C=O) groups is 1. The van der Waals surface area contributed by atoms with Crippen molar-refractivity contribution in [2.75, 3.05) is 0 Å². The molecule has 3 nitrogen and oxygen atoms in total. The number of aliphatic hydroxyl groups excluding tert-OH is 1. The van der Waals surface area contributed by atoms with Gasteiger partial charge in [0, 0.05) is 12.8 Å². The van der Waals surface area contributed by atoms with Crippen LogP contribution in [0.5, 0.6) is 0 Å². The lowest BCUT2D eigenvalue weighted by atomic mass is 10.2. The van der Waals surface area contributed by atoms with Gasteiger partial charge in [-0.25, -0.2) is 0 Å². The van der Waals surface area contributed by atoms with Crippen molar-refractivity contribution in [3.63, 3.8) is 0 Å². The van der Waals surface area contributed by atoms with Gasteiger partial charge in [-0.05, 0) is 6.42 Å². The molecule has 3 heteroatoms. The number of rotatable bonds is 0. The summed E-state index contributed by atoms with van der Waals surface area (Å²) in [5.74, 6) is 0.0894. The molecule has 1 saturated carbocycles. The van der Waals surface area contributed by atoms with Crippen LogP contribution >= 0.6 is 0 Å². The zero-order valence-corrected chi connectivity index (χ0v) is 5.05. The molecule has 0 radical (unpaired) electrons. The quantitative estimate of drug-likeness (QED) is 0.456. The monoisotopic (exact) mass is 127 g/mol. The summed E-state index contributed by atoms with van der Waals surface area (Å²) in [5, 5.41) is 11.8. The van der Waals surface area contributed by atoms with E-state index in [1.807, 2.05) is 0 Å². The summed E-state index contributed by atoms with van der Waals surface area (Å²) >= 11 is 0. The van der Waals surface area contributed by atoms with Gasteiger partial charge in [0.15, 0.2) is 0 Å². The van der Waals surface area contributed by atoms with E-state index in [1.165, 1.54) is 0 Å². The first-order valence-electron chi connectivity index (χ1n) is 3.22. The number of amides is 1. The Morgan fingerprint density at radius 1 is 1.78 bits per heavy atom. The second kappa shape index (κ2) is 1.29. The van der Waals surface area contributed by atoms with Crippen molar-refractivity contribution in [3.05, 3.63) is 0 Å². The van der Waals surface area contributed by atoms with Crippen molar-refractivity contribution in [1.82, 2.24) is 5.32 Å². The van der Waals surface area contributed by atoms with Gasteiger partial charge in [-0.1, -0.05) is 0 Å². The molecule has 1 aliphatic heterocycles. The highest BCUT2D eigenvalue weighted by Gasteiger charge is 2.57. The van der Waals surface area contributed by atoms with Gasteiger partial charge in [0.05, 0.1) is 11.6 Å². The molecular formula is C6H9NO2. The lowest BCUT2D eigenvalue weighted by Crippen LogP contribution is -2.30. The van der Waals surface area contributed by atoms with E-state index in [0.717, 1.165) is 12.8 Å². The summed E-state index contributed by atoms with van der Waals surface area (Å²) in [6.45, 7) is 0. The van der Waals surface area contributed by atoms with Crippen LogP contribution in [0.1, 0.15) is 19.3 Å². The van der Waals surface area contributed by atoms with Gasteiger partial charge in [0.25, 0.3) is 0 Å². The molecule has 9 heavy (non-hydrogen) atoms. The van der Waals surface area contributed by atoms with Gasteiger partial charge in [-0.15, -0.1) is 0 Å². The molecule has 0 aromatic heterocycles. The maximum absolute atomic E-state index is 10.6. The molecule has 2 atom stereocenters. The first-order chi connectivity index (χ1) is 4.23. The third kappa shape index (κ3) is 0.580. The van der Waals surface area contributed by atoms with E-state index in [1.54, 1.807) is 0 Å². The number of carbonyl (C=O) groups excluding carboxylic acids is 1. The van der Waals surface area contributed by atoms with Gasteiger partial charge in [0.1, 0.15) is 0 Å². The van der Waals surface area contributed by atoms with Gasteiger partial charge < -0.3 is 10.4 Å². The summed E-state index contributed by atoms with van der Waals surface area (Å²) in [7, 11) is 0. The minimum Gasteiger partial charge on any atom is -0.391 e. The summed E-state index contributed by atoms with van der Waals surface area (Å²) in [6, 6.07) is 0. The molecule has 2 rings (SSSR count). The molecule has 2 aliphatic rings. The highest BCUT2D eigenvalue weighted by Crippen LogP contribution is 2.43. The number of hydrogen-bond donors (Lipinski definition) is 2. The lowest BCUT2D eigenvalue weighted by molar-refractivity contribution is -0.119. The first-order valence-corrected chi connectivity index (χ1v) is 3.22. The fraction of sp³-hybridized carbons (Fsp3) is 0.833. The van der Waals surface area contributed by atoms with Crippen molar-refractivity contribution in [2.45, 2.75) is 30.9 Å². The predicted octanol–water partition coefficient (Wildman–Crippen LogP) is -0.600. The summed E-state index contributed by atoms with van der Waals surface area (Å²) in [6.07, 6.45) is 1.92. The molecule has 2 fully saturated rings.